The molecule has 124 valence electrons. The molecular weight excluding hydrogens is 288 g/mol. The number of likely N-dealkylation sites (tertiary alicyclic amines) is 1. The van der Waals surface area contributed by atoms with Crippen molar-refractivity contribution < 1.29 is 9.84 Å². The van der Waals surface area contributed by atoms with Crippen LogP contribution < -0.4 is 4.73 Å². The average molecular weight is 314 g/mol. The van der Waals surface area contributed by atoms with Crippen LogP contribution in [-0.4, -0.2) is 28.7 Å². The van der Waals surface area contributed by atoms with Gasteiger partial charge in [0, 0.05) is 30.1 Å². The largest absolute Gasteiger partial charge is 0.619 e. The highest BCUT2D eigenvalue weighted by Gasteiger charge is 2.58. The first-order valence-corrected chi connectivity index (χ1v) is 8.89. The number of nitrogens with zero attached hydrogens (tertiary/aromatic N) is 2. The topological polar surface area (TPSA) is 50.4 Å². The van der Waals surface area contributed by atoms with E-state index in [-0.39, 0.29) is 5.92 Å². The van der Waals surface area contributed by atoms with Gasteiger partial charge in [0.15, 0.2) is 12.4 Å². The van der Waals surface area contributed by atoms with Crippen molar-refractivity contribution >= 4 is 0 Å². The number of hydrogen-bond donors (Lipinski definition) is 1. The van der Waals surface area contributed by atoms with Gasteiger partial charge in [0.1, 0.15) is 0 Å². The van der Waals surface area contributed by atoms with Crippen molar-refractivity contribution in [1.82, 2.24) is 4.90 Å². The maximum Gasteiger partial charge on any atom is 0.183 e. The standard InChI is InChI=1S/C19H26N2O2/c1-3-14-6-8-17-16-7-5-13-11-21(23)10-9-15(13)18(16)20(4-2)12-19(14,17)22/h3,9-11,14,16-18,22H,1,4-8,12H2,2H3/t14-,16+,17+,18-,19+/m1/s1. The molecule has 0 bridgehead atoms. The van der Waals surface area contributed by atoms with E-state index in [1.807, 2.05) is 12.1 Å². The molecule has 1 saturated heterocycles. The number of aromatic nitrogens is 1. The minimum Gasteiger partial charge on any atom is -0.619 e. The number of aliphatic hydroxyl groups is 1. The summed E-state index contributed by atoms with van der Waals surface area (Å²) in [4.78, 5) is 2.43. The van der Waals surface area contributed by atoms with Crippen LogP contribution in [0.5, 0.6) is 0 Å². The Labute approximate surface area is 138 Å². The monoisotopic (exact) mass is 314 g/mol. The molecule has 4 heteroatoms. The lowest BCUT2D eigenvalue weighted by molar-refractivity contribution is -0.606. The van der Waals surface area contributed by atoms with Gasteiger partial charge in [-0.1, -0.05) is 13.0 Å². The van der Waals surface area contributed by atoms with Crippen LogP contribution >= 0.6 is 0 Å². The van der Waals surface area contributed by atoms with Crippen molar-refractivity contribution in [2.45, 2.75) is 44.2 Å². The van der Waals surface area contributed by atoms with Crippen LogP contribution in [0.3, 0.4) is 0 Å². The first-order valence-electron chi connectivity index (χ1n) is 8.89. The Morgan fingerprint density at radius 3 is 3.04 bits per heavy atom. The summed E-state index contributed by atoms with van der Waals surface area (Å²) in [6.07, 6.45) is 9.48. The second kappa shape index (κ2) is 5.32. The van der Waals surface area contributed by atoms with Crippen molar-refractivity contribution in [3.8, 4) is 0 Å². The number of aryl methyl sites for hydroxylation is 1. The van der Waals surface area contributed by atoms with Crippen LogP contribution in [0, 0.1) is 23.0 Å². The van der Waals surface area contributed by atoms with Crippen molar-refractivity contribution in [1.29, 1.82) is 0 Å². The van der Waals surface area contributed by atoms with E-state index in [4.69, 9.17) is 0 Å². The zero-order chi connectivity index (χ0) is 16.2. The SMILES string of the molecule is C=C[C@@H]1CC[C@H]2[C@@H]3CCc4c[n+]([O-])ccc4[C@H]3N(CC)C[C@]12O. The molecule has 0 aromatic carbocycles. The van der Waals surface area contributed by atoms with Crippen LogP contribution in [-0.2, 0) is 6.42 Å². The molecule has 5 atom stereocenters. The van der Waals surface area contributed by atoms with Crippen molar-refractivity contribution in [2.24, 2.45) is 17.8 Å². The Bertz CT molecular complexity index is 632. The van der Waals surface area contributed by atoms with Gasteiger partial charge in [-0.15, -0.1) is 6.58 Å². The van der Waals surface area contributed by atoms with Crippen molar-refractivity contribution in [3.63, 3.8) is 0 Å². The summed E-state index contributed by atoms with van der Waals surface area (Å²) in [5.41, 5.74) is 1.87. The van der Waals surface area contributed by atoms with Gasteiger partial charge < -0.3 is 10.3 Å². The van der Waals surface area contributed by atoms with Gasteiger partial charge in [0.2, 0.25) is 0 Å². The molecule has 4 rings (SSSR count). The summed E-state index contributed by atoms with van der Waals surface area (Å²) in [5.74, 6) is 1.04. The number of piperidine rings is 1. The van der Waals surface area contributed by atoms with E-state index in [0.717, 1.165) is 43.5 Å². The van der Waals surface area contributed by atoms with Gasteiger partial charge in [-0.25, -0.2) is 0 Å². The van der Waals surface area contributed by atoms with Gasteiger partial charge in [0.05, 0.1) is 5.60 Å². The molecule has 3 aliphatic rings. The quantitative estimate of drug-likeness (QED) is 0.517. The van der Waals surface area contributed by atoms with Crippen LogP contribution in [0.2, 0.25) is 0 Å². The van der Waals surface area contributed by atoms with E-state index < -0.39 is 5.60 Å². The summed E-state index contributed by atoms with van der Waals surface area (Å²) in [7, 11) is 0. The highest BCUT2D eigenvalue weighted by Crippen LogP contribution is 2.56. The molecule has 2 fully saturated rings. The molecule has 0 spiro atoms. The molecule has 1 aromatic rings. The fourth-order valence-corrected chi connectivity index (χ4v) is 5.64. The van der Waals surface area contributed by atoms with Crippen LogP contribution in [0.15, 0.2) is 31.1 Å². The van der Waals surface area contributed by atoms with Crippen LogP contribution in [0.1, 0.15) is 43.4 Å². The predicted molar refractivity (Wildman–Crippen MR) is 88.6 cm³/mol. The van der Waals surface area contributed by atoms with E-state index >= 15 is 0 Å². The molecular formula is C19H26N2O2. The molecule has 2 heterocycles. The molecule has 2 aliphatic carbocycles. The smallest absolute Gasteiger partial charge is 0.183 e. The Morgan fingerprint density at radius 2 is 2.30 bits per heavy atom. The van der Waals surface area contributed by atoms with Gasteiger partial charge in [-0.2, -0.15) is 4.73 Å². The fourth-order valence-electron chi connectivity index (χ4n) is 5.64. The summed E-state index contributed by atoms with van der Waals surface area (Å²) >= 11 is 0. The second-order valence-electron chi connectivity index (χ2n) is 7.51. The van der Waals surface area contributed by atoms with Gasteiger partial charge in [0.25, 0.3) is 0 Å². The average Bonchev–Trinajstić information content (AvgIpc) is 2.89. The predicted octanol–water partition coefficient (Wildman–Crippen LogP) is 2.20. The third kappa shape index (κ3) is 2.08. The zero-order valence-electron chi connectivity index (χ0n) is 13.8. The first-order chi connectivity index (χ1) is 11.1. The van der Waals surface area contributed by atoms with Crippen molar-refractivity contribution in [2.75, 3.05) is 13.1 Å². The Hall–Kier alpha value is -1.39. The molecule has 23 heavy (non-hydrogen) atoms. The lowest BCUT2D eigenvalue weighted by Gasteiger charge is -2.54. The van der Waals surface area contributed by atoms with Gasteiger partial charge in [-0.05, 0) is 49.6 Å². The lowest BCUT2D eigenvalue weighted by atomic mass is 9.64. The maximum atomic E-state index is 11.6. The molecule has 0 amide bonds. The number of hydrogen-bond acceptors (Lipinski definition) is 3. The molecule has 4 nitrogen and oxygen atoms in total. The first kappa shape index (κ1) is 15.2. The molecule has 0 radical (unpaired) electrons. The van der Waals surface area contributed by atoms with E-state index in [0.29, 0.717) is 17.9 Å². The zero-order valence-corrected chi connectivity index (χ0v) is 13.8. The highest BCUT2D eigenvalue weighted by molar-refractivity contribution is 5.31. The normalized spacial score (nSPS) is 39.4. The molecule has 1 aliphatic heterocycles. The number of β-amino-alcohol motifs (C(OH)–C–C–N with tert-alkyl or cyclic N) is 1. The summed E-state index contributed by atoms with van der Waals surface area (Å²) < 4.78 is 0.915. The lowest BCUT2D eigenvalue weighted by Crippen LogP contribution is -2.60. The summed E-state index contributed by atoms with van der Waals surface area (Å²) in [6.45, 7) is 7.78. The van der Waals surface area contributed by atoms with E-state index in [9.17, 15) is 10.3 Å². The highest BCUT2D eigenvalue weighted by atomic mass is 16.5. The fraction of sp³-hybridized carbons (Fsp3) is 0.632. The number of pyridine rings is 1. The van der Waals surface area contributed by atoms with Crippen LogP contribution in [0.25, 0.3) is 0 Å². The third-order valence-electron chi connectivity index (χ3n) is 6.66. The Morgan fingerprint density at radius 1 is 1.48 bits per heavy atom. The van der Waals surface area contributed by atoms with E-state index in [2.05, 4.69) is 18.4 Å². The maximum absolute atomic E-state index is 11.6. The minimum atomic E-state index is -0.621. The Kier molecular flexibility index (Phi) is 3.50. The van der Waals surface area contributed by atoms with E-state index in [1.165, 1.54) is 11.1 Å². The molecule has 1 N–H and O–H groups in total. The third-order valence-corrected chi connectivity index (χ3v) is 6.66. The van der Waals surface area contributed by atoms with Crippen LogP contribution in [0.4, 0.5) is 0 Å². The van der Waals surface area contributed by atoms with Crippen molar-refractivity contribution in [3.05, 3.63) is 47.4 Å². The number of likely N-dealkylation sites (N-methyl/N-ethyl adjacent to an activating group) is 1. The number of fused-ring (bicyclic) bond motifs is 5. The molecule has 1 saturated carbocycles. The summed E-state index contributed by atoms with van der Waals surface area (Å²) in [5, 5.41) is 23.1. The second-order valence-corrected chi connectivity index (χ2v) is 7.51. The minimum absolute atomic E-state index is 0.212. The van der Waals surface area contributed by atoms with Gasteiger partial charge in [-0.3, -0.25) is 4.90 Å². The summed E-state index contributed by atoms with van der Waals surface area (Å²) in [6, 6.07) is 2.35. The van der Waals surface area contributed by atoms with E-state index in [1.54, 1.807) is 12.4 Å². The Balaban J connectivity index is 1.77. The molecule has 0 unspecified atom stereocenters. The molecule has 1 aromatic heterocycles. The van der Waals surface area contributed by atoms with Gasteiger partial charge >= 0.3 is 0 Å². The number of rotatable bonds is 2.